The minimum atomic E-state index is -1.01. The van der Waals surface area contributed by atoms with Crippen LogP contribution in [-0.2, 0) is 24.2 Å². The Kier molecular flexibility index (Phi) is 6.54. The first-order valence-electron chi connectivity index (χ1n) is 11.2. The fourth-order valence-corrected chi connectivity index (χ4v) is 4.88. The topological polar surface area (TPSA) is 112 Å². The summed E-state index contributed by atoms with van der Waals surface area (Å²) in [7, 11) is 1.67. The number of carboxylic acid groups (broad SMARTS) is 1. The molecule has 0 aliphatic carbocycles. The summed E-state index contributed by atoms with van der Waals surface area (Å²) in [6.45, 7) is 8.07. The van der Waals surface area contributed by atoms with Crippen molar-refractivity contribution in [3.8, 4) is 22.9 Å². The first-order valence-corrected chi connectivity index (χ1v) is 11.2. The maximum atomic E-state index is 11.2. The van der Waals surface area contributed by atoms with Gasteiger partial charge in [-0.1, -0.05) is 18.2 Å². The Bertz CT molecular complexity index is 1350. The van der Waals surface area contributed by atoms with Gasteiger partial charge in [0.25, 0.3) is 0 Å². The molecule has 0 unspecified atom stereocenters. The molecule has 3 heterocycles. The standard InChI is InChI=1S/C25H27N5O4.Na/c1-24(2)11-16-10-18(33-5)22-17(12-25(3,4)34-22)20(16)21(26-24)14-7-6-8-15(9-14)23-27-28-29-30(23)13-19(31)32;/h6-10H,11-13H2,1-5H3,(H,31,32);. The molecule has 2 aromatic carbocycles. The molecule has 10 heteroatoms. The summed E-state index contributed by atoms with van der Waals surface area (Å²) in [5, 5.41) is 20.8. The fourth-order valence-electron chi connectivity index (χ4n) is 4.88. The number of fused-ring (bicyclic) bond motifs is 3. The van der Waals surface area contributed by atoms with Crippen molar-refractivity contribution in [2.45, 2.75) is 58.2 Å². The first kappa shape index (κ1) is 25.3. The zero-order valence-electron chi connectivity index (χ0n) is 20.9. The maximum Gasteiger partial charge on any atom is 0.325 e. The van der Waals surface area contributed by atoms with Crippen molar-refractivity contribution < 1.29 is 19.4 Å². The third-order valence-electron chi connectivity index (χ3n) is 6.11. The number of hydrogen-bond donors (Lipinski definition) is 1. The van der Waals surface area contributed by atoms with E-state index < -0.39 is 5.97 Å². The minimum absolute atomic E-state index is 0. The molecule has 1 aromatic heterocycles. The molecule has 2 aliphatic heterocycles. The van der Waals surface area contributed by atoms with Crippen LogP contribution in [0.3, 0.4) is 0 Å². The van der Waals surface area contributed by atoms with Gasteiger partial charge in [-0.15, -0.1) is 5.10 Å². The average molecular weight is 485 g/mol. The Balaban J connectivity index is 0.00000289. The van der Waals surface area contributed by atoms with Crippen molar-refractivity contribution in [1.82, 2.24) is 20.2 Å². The van der Waals surface area contributed by atoms with Gasteiger partial charge in [-0.05, 0) is 62.2 Å². The molecule has 1 radical (unpaired) electrons. The molecule has 0 bridgehead atoms. The molecule has 9 nitrogen and oxygen atoms in total. The second-order valence-electron chi connectivity index (χ2n) is 10.0. The summed E-state index contributed by atoms with van der Waals surface area (Å²) in [6, 6.07) is 9.83. The van der Waals surface area contributed by atoms with Crippen LogP contribution < -0.4 is 9.47 Å². The summed E-state index contributed by atoms with van der Waals surface area (Å²) >= 11 is 0. The van der Waals surface area contributed by atoms with Gasteiger partial charge >= 0.3 is 5.97 Å². The quantitative estimate of drug-likeness (QED) is 0.554. The molecular weight excluding hydrogens is 457 g/mol. The number of carbonyl (C=O) groups is 1. The van der Waals surface area contributed by atoms with E-state index in [0.717, 1.165) is 52.3 Å². The normalized spacial score (nSPS) is 16.9. The number of nitrogens with zero attached hydrogens (tertiary/aromatic N) is 5. The van der Waals surface area contributed by atoms with Gasteiger partial charge in [0.1, 0.15) is 12.1 Å². The smallest absolute Gasteiger partial charge is 0.325 e. The molecule has 0 saturated heterocycles. The van der Waals surface area contributed by atoms with E-state index in [1.807, 2.05) is 24.3 Å². The van der Waals surface area contributed by atoms with E-state index in [9.17, 15) is 9.90 Å². The van der Waals surface area contributed by atoms with E-state index in [4.69, 9.17) is 14.5 Å². The number of aromatic nitrogens is 4. The van der Waals surface area contributed by atoms with Crippen LogP contribution in [0.25, 0.3) is 11.4 Å². The number of benzene rings is 2. The minimum Gasteiger partial charge on any atom is -0.493 e. The predicted molar refractivity (Wildman–Crippen MR) is 131 cm³/mol. The number of rotatable bonds is 5. The van der Waals surface area contributed by atoms with E-state index >= 15 is 0 Å². The van der Waals surface area contributed by atoms with E-state index in [1.165, 1.54) is 10.2 Å². The summed E-state index contributed by atoms with van der Waals surface area (Å²) in [5.41, 5.74) is 5.23. The second kappa shape index (κ2) is 9.04. The van der Waals surface area contributed by atoms with Crippen LogP contribution in [0.4, 0.5) is 0 Å². The molecule has 0 saturated carbocycles. The molecule has 0 spiro atoms. The maximum absolute atomic E-state index is 11.2. The number of tetrazole rings is 1. The molecular formula is C25H27N5NaO4. The Hall–Kier alpha value is -2.75. The zero-order valence-corrected chi connectivity index (χ0v) is 22.9. The molecule has 3 aromatic rings. The van der Waals surface area contributed by atoms with E-state index in [1.54, 1.807) is 7.11 Å². The van der Waals surface area contributed by atoms with E-state index in [-0.39, 0.29) is 47.2 Å². The van der Waals surface area contributed by atoms with Gasteiger partial charge in [0.15, 0.2) is 17.3 Å². The number of carboxylic acids is 1. The number of aliphatic carboxylic acids is 1. The Morgan fingerprint density at radius 2 is 1.91 bits per heavy atom. The molecule has 0 atom stereocenters. The molecule has 177 valence electrons. The van der Waals surface area contributed by atoms with Crippen molar-refractivity contribution >= 4 is 41.2 Å². The monoisotopic (exact) mass is 484 g/mol. The first-order chi connectivity index (χ1) is 16.1. The van der Waals surface area contributed by atoms with Gasteiger partial charge in [-0.25, -0.2) is 4.68 Å². The predicted octanol–water partition coefficient (Wildman–Crippen LogP) is 2.94. The number of hydrogen-bond acceptors (Lipinski definition) is 7. The summed E-state index contributed by atoms with van der Waals surface area (Å²) in [5.74, 6) is 0.909. The van der Waals surface area contributed by atoms with E-state index in [2.05, 4.69) is 49.3 Å². The largest absolute Gasteiger partial charge is 0.493 e. The van der Waals surface area contributed by atoms with Crippen LogP contribution in [-0.4, -0.2) is 84.8 Å². The van der Waals surface area contributed by atoms with Crippen molar-refractivity contribution in [3.63, 3.8) is 0 Å². The third-order valence-corrected chi connectivity index (χ3v) is 6.11. The van der Waals surface area contributed by atoms with Crippen LogP contribution in [0.1, 0.15) is 49.9 Å². The number of aliphatic imine (C=N–C) groups is 1. The van der Waals surface area contributed by atoms with E-state index in [0.29, 0.717) is 5.82 Å². The van der Waals surface area contributed by atoms with Crippen LogP contribution in [0.5, 0.6) is 11.5 Å². The van der Waals surface area contributed by atoms with Crippen molar-refractivity contribution in [3.05, 3.63) is 52.6 Å². The van der Waals surface area contributed by atoms with Crippen LogP contribution in [0.15, 0.2) is 35.3 Å². The van der Waals surface area contributed by atoms with Crippen LogP contribution in [0, 0.1) is 0 Å². The van der Waals surface area contributed by atoms with Crippen molar-refractivity contribution in [1.29, 1.82) is 0 Å². The third kappa shape index (κ3) is 4.72. The molecule has 35 heavy (non-hydrogen) atoms. The van der Waals surface area contributed by atoms with Gasteiger partial charge in [0.05, 0.1) is 18.4 Å². The Morgan fingerprint density at radius 3 is 2.63 bits per heavy atom. The zero-order chi connectivity index (χ0) is 24.3. The summed E-state index contributed by atoms with van der Waals surface area (Å²) in [4.78, 5) is 16.4. The summed E-state index contributed by atoms with van der Waals surface area (Å²) in [6.07, 6.45) is 1.53. The second-order valence-corrected chi connectivity index (χ2v) is 10.0. The number of ether oxygens (including phenoxy) is 2. The Morgan fingerprint density at radius 1 is 1.17 bits per heavy atom. The number of methoxy groups -OCH3 is 1. The Labute approximate surface area is 225 Å². The van der Waals surface area contributed by atoms with Gasteiger partial charge in [-0.2, -0.15) is 0 Å². The molecule has 2 aliphatic rings. The average Bonchev–Trinajstić information content (AvgIpc) is 3.34. The van der Waals surface area contributed by atoms with Crippen molar-refractivity contribution in [2.75, 3.05) is 7.11 Å². The molecule has 5 rings (SSSR count). The van der Waals surface area contributed by atoms with Crippen LogP contribution in [0.2, 0.25) is 0 Å². The fraction of sp³-hybridized carbons (Fsp3) is 0.400. The van der Waals surface area contributed by atoms with Crippen LogP contribution >= 0.6 is 0 Å². The SMILES string of the molecule is COc1cc2c(c3c1OC(C)(C)C3)C(c1cccc(-c3nnnn3CC(=O)O)c1)=NC(C)(C)C2.[Na]. The van der Waals surface area contributed by atoms with Gasteiger partial charge in [0.2, 0.25) is 0 Å². The van der Waals surface area contributed by atoms with Gasteiger partial charge < -0.3 is 14.6 Å². The molecule has 0 amide bonds. The summed E-state index contributed by atoms with van der Waals surface area (Å²) < 4.78 is 13.3. The van der Waals surface area contributed by atoms with Gasteiger partial charge in [0, 0.05) is 58.2 Å². The molecule has 0 fully saturated rings. The molecule has 1 N–H and O–H groups in total. The van der Waals surface area contributed by atoms with Crippen molar-refractivity contribution in [2.24, 2.45) is 4.99 Å². The van der Waals surface area contributed by atoms with Gasteiger partial charge in [-0.3, -0.25) is 9.79 Å².